The molecule has 2 aromatic rings. The summed E-state index contributed by atoms with van der Waals surface area (Å²) >= 11 is 12.4. The fourth-order valence-electron chi connectivity index (χ4n) is 10.8. The molecule has 0 aromatic heterocycles. The molecular weight excluding hydrogens is 1150 g/mol. The number of rotatable bonds is 22. The molecule has 25 heteroatoms. The molecule has 0 unspecified atom stereocenters. The van der Waals surface area contributed by atoms with Crippen LogP contribution in [0.1, 0.15) is 120 Å². The van der Waals surface area contributed by atoms with Gasteiger partial charge in [0.2, 0.25) is 11.8 Å². The Kier molecular flexibility index (Phi) is 23.2. The lowest BCUT2D eigenvalue weighted by atomic mass is 9.83. The van der Waals surface area contributed by atoms with Crippen LogP contribution >= 0.6 is 23.8 Å². The number of esters is 1. The molecule has 468 valence electrons. The lowest BCUT2D eigenvalue weighted by molar-refractivity contribution is -0.158. The highest BCUT2D eigenvalue weighted by Crippen LogP contribution is 2.49. The van der Waals surface area contributed by atoms with Crippen molar-refractivity contribution in [2.45, 2.75) is 167 Å². The highest BCUT2D eigenvalue weighted by molar-refractivity contribution is 7.80. The summed E-state index contributed by atoms with van der Waals surface area (Å²) in [6, 6.07) is 3.61. The van der Waals surface area contributed by atoms with Crippen molar-refractivity contribution in [1.29, 1.82) is 0 Å². The monoisotopic (exact) mass is 1230 g/mol. The predicted molar refractivity (Wildman–Crippen MR) is 323 cm³/mol. The van der Waals surface area contributed by atoms with Crippen molar-refractivity contribution in [3.05, 3.63) is 93.6 Å². The smallest absolute Gasteiger partial charge is 0.409 e. The number of thiocarbonyl (C=S) groups is 1. The number of ketones is 1. The van der Waals surface area contributed by atoms with E-state index in [1.54, 1.807) is 39.1 Å². The number of aliphatic hydroxyl groups is 1. The summed E-state index contributed by atoms with van der Waals surface area (Å²) in [6.45, 7) is 12.6. The minimum Gasteiger partial charge on any atom is -0.508 e. The second kappa shape index (κ2) is 29.4. The first-order chi connectivity index (χ1) is 40.5. The van der Waals surface area contributed by atoms with E-state index in [4.69, 9.17) is 48.5 Å². The number of carbonyl (C=O) groups is 9. The van der Waals surface area contributed by atoms with Crippen LogP contribution in [0.3, 0.4) is 0 Å². The van der Waals surface area contributed by atoms with E-state index in [1.807, 2.05) is 39.8 Å². The Morgan fingerprint density at radius 1 is 1.01 bits per heavy atom. The van der Waals surface area contributed by atoms with E-state index >= 15 is 0 Å². The normalized spacial score (nSPS) is 25.1. The molecule has 0 spiro atoms. The van der Waals surface area contributed by atoms with Gasteiger partial charge in [-0.25, -0.2) is 14.4 Å². The van der Waals surface area contributed by atoms with E-state index in [0.29, 0.717) is 53.4 Å². The molecule has 8 amide bonds. The van der Waals surface area contributed by atoms with E-state index in [0.717, 1.165) is 22.1 Å². The van der Waals surface area contributed by atoms with Gasteiger partial charge in [0, 0.05) is 76.3 Å². The van der Waals surface area contributed by atoms with Crippen LogP contribution < -0.4 is 31.9 Å². The number of nitrogens with two attached hydrogens (primary N) is 1. The fraction of sp³-hybridized carbons (Fsp3) is 0.541. The molecule has 2 saturated heterocycles. The van der Waals surface area contributed by atoms with Crippen molar-refractivity contribution in [2.75, 3.05) is 39.2 Å². The SMILES string of the molecule is CO[C@@H]1/C=C/C=C(\C)Cc2cc(C)c(Cl)c(c2)N(C)C(=O)C[C@H](OC(=O)[C@H](C)N(C)C(=O)c2ccc(CC(=O)[C@H](CCCNC(N)=O)NC(=O)[C@@H](NC(=S)CCCCCN3C(=O)C=CC3=O)C(C)C)c(O)c2)[C@]2(C)O[C@H]2[C@H](C)[C@@H]2C[C@@]1(O)NC(=O)O2. The molecule has 0 radical (unpaired) electrons. The molecule has 6 rings (SSSR count). The number of anilines is 1. The molecule has 86 heavy (non-hydrogen) atoms. The van der Waals surface area contributed by atoms with E-state index in [1.165, 1.54) is 55.2 Å². The second-order valence-electron chi connectivity index (χ2n) is 23.2. The van der Waals surface area contributed by atoms with E-state index < -0.39 is 114 Å². The van der Waals surface area contributed by atoms with Crippen LogP contribution in [0.2, 0.25) is 5.02 Å². The van der Waals surface area contributed by atoms with Gasteiger partial charge in [-0.05, 0) is 101 Å². The average Bonchev–Trinajstić information content (AvgIpc) is 1.64. The number of benzene rings is 2. The summed E-state index contributed by atoms with van der Waals surface area (Å²) in [5.41, 5.74) is 4.94. The third kappa shape index (κ3) is 17.0. The van der Waals surface area contributed by atoms with Crippen molar-refractivity contribution in [3.63, 3.8) is 0 Å². The number of hydrogen-bond acceptors (Lipinski definition) is 16. The Balaban J connectivity index is 1.15. The number of methoxy groups -OCH3 is 1. The molecule has 23 nitrogen and oxygen atoms in total. The number of fused-ring (bicyclic) bond motifs is 5. The minimum atomic E-state index is -1.91. The Morgan fingerprint density at radius 3 is 2.36 bits per heavy atom. The zero-order valence-electron chi connectivity index (χ0n) is 50.4. The Morgan fingerprint density at radius 2 is 1.71 bits per heavy atom. The van der Waals surface area contributed by atoms with Crippen molar-refractivity contribution in [1.82, 2.24) is 31.1 Å². The number of aryl methyl sites for hydroxylation is 1. The van der Waals surface area contributed by atoms with Crippen LogP contribution in [-0.4, -0.2) is 167 Å². The third-order valence-corrected chi connectivity index (χ3v) is 17.1. The molecular formula is C61H81ClN8O15S. The Bertz CT molecular complexity index is 3030. The number of alkyl carbamates (subject to hydrolysis) is 1. The number of aromatic hydroxyl groups is 1. The maximum absolute atomic E-state index is 14.5. The lowest BCUT2D eigenvalue weighted by Gasteiger charge is -2.42. The van der Waals surface area contributed by atoms with Crippen LogP contribution in [0.15, 0.2) is 66.3 Å². The number of hydrogen-bond donors (Lipinski definition) is 7. The summed E-state index contributed by atoms with van der Waals surface area (Å²) in [4.78, 5) is 123. The first-order valence-corrected chi connectivity index (χ1v) is 29.6. The van der Waals surface area contributed by atoms with Gasteiger partial charge in [-0.15, -0.1) is 0 Å². The van der Waals surface area contributed by atoms with Gasteiger partial charge in [0.25, 0.3) is 17.7 Å². The molecule has 4 aliphatic rings. The van der Waals surface area contributed by atoms with Crippen molar-refractivity contribution >= 4 is 87.9 Å². The number of halogens is 1. The van der Waals surface area contributed by atoms with Crippen LogP contribution in [-0.2, 0) is 60.6 Å². The summed E-state index contributed by atoms with van der Waals surface area (Å²) < 4.78 is 23.9. The number of epoxide rings is 1. The number of urea groups is 1. The van der Waals surface area contributed by atoms with E-state index in [9.17, 15) is 53.4 Å². The number of phenolic OH excluding ortho intramolecular Hbond substituents is 1. The number of primary amides is 1. The van der Waals surface area contributed by atoms with Crippen molar-refractivity contribution in [3.8, 4) is 5.75 Å². The lowest BCUT2D eigenvalue weighted by Crippen LogP contribution is -2.63. The van der Waals surface area contributed by atoms with Crippen LogP contribution in [0, 0.1) is 18.8 Å². The number of nitrogens with zero attached hydrogens (tertiary/aromatic N) is 3. The minimum absolute atomic E-state index is 0.0583. The van der Waals surface area contributed by atoms with E-state index in [-0.39, 0.29) is 67.6 Å². The zero-order valence-corrected chi connectivity index (χ0v) is 51.9. The average molecular weight is 1230 g/mol. The van der Waals surface area contributed by atoms with Crippen molar-refractivity contribution < 1.29 is 72.3 Å². The van der Waals surface area contributed by atoms with Gasteiger partial charge in [-0.2, -0.15) is 0 Å². The van der Waals surface area contributed by atoms with Gasteiger partial charge < -0.3 is 60.6 Å². The summed E-state index contributed by atoms with van der Waals surface area (Å²) in [5.74, 6) is -5.19. The topological polar surface area (TPSA) is 318 Å². The van der Waals surface area contributed by atoms with Gasteiger partial charge in [-0.3, -0.25) is 39.0 Å². The van der Waals surface area contributed by atoms with Gasteiger partial charge in [-0.1, -0.05) is 86.9 Å². The fourth-order valence-corrected chi connectivity index (χ4v) is 11.3. The highest BCUT2D eigenvalue weighted by Gasteiger charge is 2.64. The molecule has 4 aliphatic heterocycles. The summed E-state index contributed by atoms with van der Waals surface area (Å²) in [7, 11) is 4.32. The molecule has 8 N–H and O–H groups in total. The number of phenols is 1. The number of unbranched alkanes of at least 4 members (excludes halogenated alkanes) is 2. The molecule has 4 heterocycles. The number of imide groups is 1. The van der Waals surface area contributed by atoms with E-state index in [2.05, 4.69) is 21.3 Å². The standard InChI is InChI=1S/C61H81ClN8O15S/c1-33(2)53(66-48(86)19-12-11-13-25-70-49(73)22-23-50(70)74)55(76)65-41(17-15-24-64-58(63)79)44(72)29-39-20-21-40(30-43(39)71)56(77)68(8)37(6)57(78)84-47-31-51(75)69(9)42-28-38(27-35(4)52(42)62)26-34(3)16-14-18-46(82-10)61(81)32-45(83-59(80)67-61)36(5)54-60(47,7)85-54/h14,16,18,20-23,27-28,30,33,36-37,41,45-47,53-54,71,81H,11-13,15,17,19,24-26,29,31-32H2,1-10H3,(H,65,76)(H,66,86)(H,67,80)(H3,63,64,79)/b18-14+,34-16+/t36-,37+,41+,45+,46-,47+,53+,54+,60+,61+/m1/s1. The van der Waals surface area contributed by atoms with Gasteiger partial charge >= 0.3 is 18.1 Å². The quantitative estimate of drug-likeness (QED) is 0.0258. The molecule has 10 atom stereocenters. The molecule has 2 fully saturated rings. The zero-order chi connectivity index (χ0) is 63.5. The number of nitrogens with one attached hydrogen (secondary N) is 4. The number of allylic oxidation sites excluding steroid dienone is 3. The molecule has 4 bridgehead atoms. The molecule has 0 saturated carbocycles. The maximum Gasteiger partial charge on any atom is 0.409 e. The summed E-state index contributed by atoms with van der Waals surface area (Å²) in [6.07, 6.45) is 4.90. The number of carbonyl (C=O) groups excluding carboxylic acids is 9. The number of likely N-dealkylation sites (N-methyl/N-ethyl adjacent to an activating group) is 1. The predicted octanol–water partition coefficient (Wildman–Crippen LogP) is 5.31. The van der Waals surface area contributed by atoms with Gasteiger partial charge in [0.05, 0.1) is 34.3 Å². The maximum atomic E-state index is 14.5. The van der Waals surface area contributed by atoms with Crippen LogP contribution in [0.4, 0.5) is 15.3 Å². The highest BCUT2D eigenvalue weighted by atomic mass is 35.5. The molecule has 2 aromatic carbocycles. The van der Waals surface area contributed by atoms with Gasteiger partial charge in [0.1, 0.15) is 41.7 Å². The van der Waals surface area contributed by atoms with Crippen LogP contribution in [0.5, 0.6) is 5.75 Å². The van der Waals surface area contributed by atoms with Gasteiger partial charge in [0.15, 0.2) is 11.5 Å². The van der Waals surface area contributed by atoms with Crippen molar-refractivity contribution in [2.24, 2.45) is 17.6 Å². The first kappa shape index (κ1) is 67.9. The number of Topliss-reactive ketones (excluding diaryl/α,β-unsaturated/α-hetero) is 1. The van der Waals surface area contributed by atoms with Crippen LogP contribution in [0.25, 0.3) is 0 Å². The largest absolute Gasteiger partial charge is 0.508 e. The first-order valence-electron chi connectivity index (χ1n) is 28.8. The second-order valence-corrected chi connectivity index (χ2v) is 24.0. The number of amides is 8. The molecule has 0 aliphatic carbocycles. The number of ether oxygens (including phenoxy) is 4. The Hall–Kier alpha value is -7.25. The summed E-state index contributed by atoms with van der Waals surface area (Å²) in [5, 5.41) is 34.5. The Labute approximate surface area is 511 Å². The third-order valence-electron chi connectivity index (χ3n) is 16.3.